The second-order valence-electron chi connectivity index (χ2n) is 8.96. The van der Waals surface area contributed by atoms with Crippen molar-refractivity contribution in [3.05, 3.63) is 97.3 Å². The zero-order valence-electron chi connectivity index (χ0n) is 19.4. The Morgan fingerprint density at radius 1 is 1.17 bits per heavy atom. The van der Waals surface area contributed by atoms with Crippen molar-refractivity contribution in [2.45, 2.75) is 25.6 Å². The predicted octanol–water partition coefficient (Wildman–Crippen LogP) is 2.37. The highest BCUT2D eigenvalue weighted by atomic mass is 32.1. The maximum absolute atomic E-state index is 13.8. The number of hydrogen-bond acceptors (Lipinski definition) is 6. The van der Waals surface area contributed by atoms with Crippen molar-refractivity contribution in [1.29, 1.82) is 0 Å². The van der Waals surface area contributed by atoms with Crippen molar-refractivity contribution in [2.24, 2.45) is 18.0 Å². The van der Waals surface area contributed by atoms with E-state index in [-0.39, 0.29) is 11.5 Å². The lowest BCUT2D eigenvalue weighted by molar-refractivity contribution is -0.131. The van der Waals surface area contributed by atoms with Crippen LogP contribution in [0.1, 0.15) is 29.8 Å². The van der Waals surface area contributed by atoms with Crippen molar-refractivity contribution in [3.8, 4) is 5.75 Å². The average Bonchev–Trinajstić information content (AvgIpc) is 3.31. The maximum atomic E-state index is 13.8. The Kier molecular flexibility index (Phi) is 4.79. The van der Waals surface area contributed by atoms with Crippen molar-refractivity contribution in [1.82, 2.24) is 14.3 Å². The molecule has 0 saturated carbocycles. The molecule has 1 N–H and O–H groups in total. The average molecular weight is 486 g/mol. The zero-order valence-corrected chi connectivity index (χ0v) is 20.2. The van der Waals surface area contributed by atoms with Crippen LogP contribution >= 0.6 is 11.3 Å². The standard InChI is InChI=1S/C26H23N5O3S/c1-15-16(14-27-30(15)3)13-20-24(33)31-22-18-11-7-8-12-19(18)34-26(2,29-25(31)35-20)21(22)23(32)28-17-9-5-4-6-10-17/h4-14,21-22H,1-3H3,(H,28,32)/b20-13-/t21-,22-,26-/m0/s1. The van der Waals surface area contributed by atoms with Crippen LogP contribution in [-0.2, 0) is 11.8 Å². The van der Waals surface area contributed by atoms with Crippen molar-refractivity contribution >= 4 is 29.0 Å². The second kappa shape index (κ2) is 7.78. The molecule has 2 bridgehead atoms. The molecular formula is C26H23N5O3S. The van der Waals surface area contributed by atoms with Gasteiger partial charge in [-0.2, -0.15) is 5.10 Å². The van der Waals surface area contributed by atoms with Gasteiger partial charge >= 0.3 is 0 Å². The van der Waals surface area contributed by atoms with Crippen LogP contribution in [0.5, 0.6) is 5.75 Å². The topological polar surface area (TPSA) is 90.5 Å². The molecule has 6 rings (SSSR count). The van der Waals surface area contributed by atoms with E-state index in [2.05, 4.69) is 10.4 Å². The van der Waals surface area contributed by atoms with E-state index in [0.717, 1.165) is 16.8 Å². The number of hydrogen-bond donors (Lipinski definition) is 1. The van der Waals surface area contributed by atoms with Gasteiger partial charge in [-0.05, 0) is 38.1 Å². The fourth-order valence-electron chi connectivity index (χ4n) is 4.88. The molecule has 4 heterocycles. The fraction of sp³-hybridized carbons (Fsp3) is 0.231. The van der Waals surface area contributed by atoms with Gasteiger partial charge in [-0.25, -0.2) is 4.99 Å². The third kappa shape index (κ3) is 3.34. The number of aromatic nitrogens is 3. The number of nitrogens with zero attached hydrogens (tertiary/aromatic N) is 4. The molecule has 2 aliphatic heterocycles. The van der Waals surface area contributed by atoms with Gasteiger partial charge in [0.2, 0.25) is 11.6 Å². The van der Waals surface area contributed by atoms with Crippen LogP contribution < -0.4 is 24.9 Å². The van der Waals surface area contributed by atoms with E-state index in [1.165, 1.54) is 11.3 Å². The van der Waals surface area contributed by atoms with Crippen LogP contribution in [0.3, 0.4) is 0 Å². The van der Waals surface area contributed by atoms with E-state index in [9.17, 15) is 9.59 Å². The lowest BCUT2D eigenvalue weighted by Crippen LogP contribution is -2.59. The number of nitrogens with one attached hydrogen (secondary N) is 1. The number of anilines is 1. The first-order valence-corrected chi connectivity index (χ1v) is 12.1. The summed E-state index contributed by atoms with van der Waals surface area (Å²) in [5.74, 6) is -0.366. The van der Waals surface area contributed by atoms with Gasteiger partial charge in [-0.3, -0.25) is 18.8 Å². The van der Waals surface area contributed by atoms with Gasteiger partial charge in [0.1, 0.15) is 11.7 Å². The Balaban J connectivity index is 1.55. The first-order valence-electron chi connectivity index (χ1n) is 11.3. The van der Waals surface area contributed by atoms with E-state index in [1.807, 2.05) is 81.6 Å². The Labute approximate surface area is 204 Å². The molecule has 35 heavy (non-hydrogen) atoms. The quantitative estimate of drug-likeness (QED) is 0.482. The summed E-state index contributed by atoms with van der Waals surface area (Å²) in [7, 11) is 1.86. The molecule has 3 atom stereocenters. The highest BCUT2D eigenvalue weighted by Crippen LogP contribution is 2.47. The van der Waals surface area contributed by atoms with Gasteiger partial charge in [0.05, 0.1) is 16.8 Å². The van der Waals surface area contributed by atoms with Gasteiger partial charge in [0, 0.05) is 29.6 Å². The Morgan fingerprint density at radius 2 is 1.91 bits per heavy atom. The Morgan fingerprint density at radius 3 is 2.66 bits per heavy atom. The molecular weight excluding hydrogens is 462 g/mol. The van der Waals surface area contributed by atoms with Crippen molar-refractivity contribution < 1.29 is 9.53 Å². The van der Waals surface area contributed by atoms with E-state index >= 15 is 0 Å². The lowest BCUT2D eigenvalue weighted by Gasteiger charge is -2.45. The third-order valence-corrected chi connectivity index (χ3v) is 7.75. The number of fused-ring (bicyclic) bond motifs is 6. The molecule has 0 fully saturated rings. The summed E-state index contributed by atoms with van der Waals surface area (Å²) >= 11 is 1.30. The molecule has 8 nitrogen and oxygen atoms in total. The third-order valence-electron chi connectivity index (χ3n) is 6.76. The Hall–Kier alpha value is -3.98. The molecule has 0 spiro atoms. The minimum Gasteiger partial charge on any atom is -0.465 e. The van der Waals surface area contributed by atoms with Gasteiger partial charge in [0.15, 0.2) is 4.80 Å². The van der Waals surface area contributed by atoms with Crippen LogP contribution in [0.2, 0.25) is 0 Å². The molecule has 2 aliphatic rings. The number of rotatable bonds is 3. The summed E-state index contributed by atoms with van der Waals surface area (Å²) in [6.45, 7) is 3.77. The van der Waals surface area contributed by atoms with E-state index in [1.54, 1.807) is 15.4 Å². The number of para-hydroxylation sites is 2. The summed E-state index contributed by atoms with van der Waals surface area (Å²) in [4.78, 5) is 32.8. The molecule has 0 aliphatic carbocycles. The van der Waals surface area contributed by atoms with Gasteiger partial charge in [0.25, 0.3) is 5.56 Å². The SMILES string of the molecule is Cc1c(/C=c2\sc3n(c2=O)[C@H]2c4ccccc4O[C@](C)(N=3)[C@@H]2C(=O)Nc2ccccc2)cnn1C. The molecule has 9 heteroatoms. The van der Waals surface area contributed by atoms with E-state index in [0.29, 0.717) is 20.8 Å². The number of benzene rings is 2. The number of amides is 1. The zero-order chi connectivity index (χ0) is 24.3. The van der Waals surface area contributed by atoms with Crippen molar-refractivity contribution in [3.63, 3.8) is 0 Å². The second-order valence-corrected chi connectivity index (χ2v) is 9.97. The monoisotopic (exact) mass is 485 g/mol. The summed E-state index contributed by atoms with van der Waals surface area (Å²) in [6.07, 6.45) is 3.58. The minimum atomic E-state index is -1.17. The normalized spacial score (nSPS) is 22.5. The molecule has 0 radical (unpaired) electrons. The number of carbonyl (C=O) groups is 1. The highest BCUT2D eigenvalue weighted by molar-refractivity contribution is 7.07. The molecule has 176 valence electrons. The number of carbonyl (C=O) groups excluding carboxylic acids is 1. The molecule has 2 aromatic carbocycles. The highest BCUT2D eigenvalue weighted by Gasteiger charge is 2.55. The number of thiazole rings is 1. The molecule has 0 unspecified atom stereocenters. The number of aryl methyl sites for hydroxylation is 1. The summed E-state index contributed by atoms with van der Waals surface area (Å²) in [6, 6.07) is 16.3. The minimum absolute atomic E-state index is 0.182. The molecule has 2 aromatic heterocycles. The van der Waals surface area contributed by atoms with Crippen LogP contribution in [-0.4, -0.2) is 26.0 Å². The van der Waals surface area contributed by atoms with Gasteiger partial charge in [-0.15, -0.1) is 0 Å². The summed E-state index contributed by atoms with van der Waals surface area (Å²) in [5.41, 5.74) is 1.94. The fourth-order valence-corrected chi connectivity index (χ4v) is 5.97. The van der Waals surface area contributed by atoms with Crippen LogP contribution in [0.25, 0.3) is 6.08 Å². The molecule has 1 amide bonds. The molecule has 4 aromatic rings. The smallest absolute Gasteiger partial charge is 0.270 e. The predicted molar refractivity (Wildman–Crippen MR) is 133 cm³/mol. The maximum Gasteiger partial charge on any atom is 0.270 e. The van der Waals surface area contributed by atoms with Crippen LogP contribution in [0, 0.1) is 12.8 Å². The summed E-state index contributed by atoms with van der Waals surface area (Å²) in [5, 5.41) is 7.27. The largest absolute Gasteiger partial charge is 0.465 e. The Bertz CT molecular complexity index is 1650. The van der Waals surface area contributed by atoms with E-state index in [4.69, 9.17) is 9.73 Å². The lowest BCUT2D eigenvalue weighted by atomic mass is 9.80. The summed E-state index contributed by atoms with van der Waals surface area (Å²) < 4.78 is 10.3. The van der Waals surface area contributed by atoms with Gasteiger partial charge < -0.3 is 10.1 Å². The van der Waals surface area contributed by atoms with Gasteiger partial charge in [-0.1, -0.05) is 47.7 Å². The van der Waals surface area contributed by atoms with Crippen LogP contribution in [0.4, 0.5) is 5.69 Å². The molecule has 0 saturated heterocycles. The van der Waals surface area contributed by atoms with Crippen LogP contribution in [0.15, 0.2) is 70.6 Å². The first-order chi connectivity index (χ1) is 16.9. The number of ether oxygens (including phenoxy) is 1. The van der Waals surface area contributed by atoms with E-state index < -0.39 is 17.7 Å². The first kappa shape index (κ1) is 21.5. The van der Waals surface area contributed by atoms with Crippen molar-refractivity contribution in [2.75, 3.05) is 5.32 Å².